The Morgan fingerprint density at radius 3 is 2.50 bits per heavy atom. The van der Waals surface area contributed by atoms with E-state index in [2.05, 4.69) is 0 Å². The summed E-state index contributed by atoms with van der Waals surface area (Å²) in [6.07, 6.45) is -1.27. The van der Waals surface area contributed by atoms with Crippen LogP contribution in [0.25, 0.3) is 0 Å². The van der Waals surface area contributed by atoms with E-state index in [0.717, 1.165) is 0 Å². The maximum Gasteiger partial charge on any atom is 0.343 e. The van der Waals surface area contributed by atoms with Crippen LogP contribution in [0, 0.1) is 17.5 Å². The van der Waals surface area contributed by atoms with Gasteiger partial charge in [0.1, 0.15) is 11.5 Å². The van der Waals surface area contributed by atoms with Gasteiger partial charge in [0.2, 0.25) is 0 Å². The molecule has 1 aromatic carbocycles. The molecule has 0 saturated carbocycles. The smallest absolute Gasteiger partial charge is 0.343 e. The molecule has 4 nitrogen and oxygen atoms in total. The Kier molecular flexibility index (Phi) is 3.03. The van der Waals surface area contributed by atoms with Crippen LogP contribution in [-0.4, -0.2) is 14.8 Å². The van der Waals surface area contributed by atoms with Crippen LogP contribution in [0.1, 0.15) is 5.56 Å². The van der Waals surface area contributed by atoms with Gasteiger partial charge in [-0.1, -0.05) is 0 Å². The van der Waals surface area contributed by atoms with Gasteiger partial charge in [0, 0.05) is 22.9 Å². The summed E-state index contributed by atoms with van der Waals surface area (Å²) in [5, 5.41) is -0.410. The van der Waals surface area contributed by atoms with Crippen LogP contribution in [0.15, 0.2) is 6.07 Å². The van der Waals surface area contributed by atoms with Gasteiger partial charge in [-0.25, -0.2) is 18.2 Å². The fourth-order valence-corrected chi connectivity index (χ4v) is 2.04. The molecule has 1 aliphatic rings. The fourth-order valence-electron chi connectivity index (χ4n) is 1.66. The molecule has 0 amide bonds. The second-order valence-corrected chi connectivity index (χ2v) is 4.14. The lowest BCUT2D eigenvalue weighted by molar-refractivity contribution is 0.00216. The van der Waals surface area contributed by atoms with E-state index < -0.39 is 57.4 Å². The molecule has 1 N–H and O–H groups in total. The van der Waals surface area contributed by atoms with Gasteiger partial charge < -0.3 is 4.55 Å². The number of anilines is 1. The van der Waals surface area contributed by atoms with Gasteiger partial charge in [-0.2, -0.15) is 13.6 Å². The number of nitrogens with zero attached hydrogens (tertiary/aromatic N) is 1. The maximum absolute atomic E-state index is 13.4. The van der Waals surface area contributed by atoms with E-state index in [0.29, 0.717) is 0 Å². The van der Waals surface area contributed by atoms with Crippen molar-refractivity contribution in [3.05, 3.63) is 29.1 Å². The fraction of sp³-hybridized carbons (Fsp3) is 0.250. The summed E-state index contributed by atoms with van der Waals surface area (Å²) < 4.78 is 87.0. The minimum Gasteiger partial charge on any atom is -0.759 e. The van der Waals surface area contributed by atoms with Crippen LogP contribution in [0.5, 0.6) is 0 Å². The molecule has 100 valence electrons. The number of hydrogen-bond acceptors (Lipinski definition) is 3. The summed E-state index contributed by atoms with van der Waals surface area (Å²) in [5.74, 6) is -4.81. The van der Waals surface area contributed by atoms with E-state index in [1.165, 1.54) is 4.83 Å². The quantitative estimate of drug-likeness (QED) is 0.387. The minimum atomic E-state index is -3.89. The van der Waals surface area contributed by atoms with Crippen molar-refractivity contribution in [2.75, 3.05) is 5.01 Å². The number of fused-ring (bicyclic) bond motifs is 1. The van der Waals surface area contributed by atoms with Gasteiger partial charge in [0.05, 0.1) is 6.42 Å². The first-order valence-electron chi connectivity index (χ1n) is 4.44. The van der Waals surface area contributed by atoms with Crippen molar-refractivity contribution in [3.63, 3.8) is 0 Å². The monoisotopic (exact) mass is 287 g/mol. The lowest BCUT2D eigenvalue weighted by Gasteiger charge is -2.27. The Labute approximate surface area is 99.8 Å². The highest BCUT2D eigenvalue weighted by Crippen LogP contribution is 2.43. The first-order chi connectivity index (χ1) is 8.24. The van der Waals surface area contributed by atoms with E-state index in [9.17, 15) is 30.7 Å². The molecule has 0 aromatic heterocycles. The topological polar surface area (TPSA) is 55.4 Å². The molecule has 0 fully saturated rings. The molecule has 0 radical (unpaired) electrons. The van der Waals surface area contributed by atoms with E-state index in [1.807, 2.05) is 0 Å². The largest absolute Gasteiger partial charge is 0.759 e. The summed E-state index contributed by atoms with van der Waals surface area (Å²) in [6.45, 7) is 0. The summed E-state index contributed by atoms with van der Waals surface area (Å²) in [7, 11) is 0. The average molecular weight is 287 g/mol. The molecule has 18 heavy (non-hydrogen) atoms. The van der Waals surface area contributed by atoms with Crippen molar-refractivity contribution >= 4 is 17.0 Å². The van der Waals surface area contributed by atoms with Crippen LogP contribution in [-0.2, 0) is 17.7 Å². The molecule has 1 unspecified atom stereocenters. The molecular weight excluding hydrogens is 283 g/mol. The molecule has 1 heterocycles. The first kappa shape index (κ1) is 13.2. The molecule has 0 aliphatic carbocycles. The SMILES string of the molecule is O=S([O-])NN1c2c(F)c(F)cc(F)c2CC1(F)F. The summed E-state index contributed by atoms with van der Waals surface area (Å²) in [4.78, 5) is 1.21. The molecule has 0 saturated heterocycles. The van der Waals surface area contributed by atoms with Crippen molar-refractivity contribution < 1.29 is 30.7 Å². The van der Waals surface area contributed by atoms with Crippen molar-refractivity contribution in [1.82, 2.24) is 4.83 Å². The van der Waals surface area contributed by atoms with Crippen LogP contribution in [0.2, 0.25) is 0 Å². The minimum absolute atomic E-state index is 0.127. The van der Waals surface area contributed by atoms with Crippen LogP contribution < -0.4 is 9.84 Å². The maximum atomic E-state index is 13.4. The number of rotatable bonds is 2. The first-order valence-corrected chi connectivity index (χ1v) is 5.51. The third-order valence-electron chi connectivity index (χ3n) is 2.35. The Morgan fingerprint density at radius 1 is 1.33 bits per heavy atom. The van der Waals surface area contributed by atoms with Crippen molar-refractivity contribution in [2.45, 2.75) is 12.5 Å². The normalized spacial score (nSPS) is 18.9. The van der Waals surface area contributed by atoms with Crippen LogP contribution >= 0.6 is 0 Å². The van der Waals surface area contributed by atoms with E-state index in [-0.39, 0.29) is 6.07 Å². The van der Waals surface area contributed by atoms with E-state index in [1.54, 1.807) is 0 Å². The molecule has 0 bridgehead atoms. The number of nitrogens with one attached hydrogen (secondary N) is 1. The zero-order valence-electron chi connectivity index (χ0n) is 8.35. The molecule has 10 heteroatoms. The third kappa shape index (κ3) is 1.95. The summed E-state index contributed by atoms with van der Waals surface area (Å²) >= 11 is -3.20. The Balaban J connectivity index is 2.62. The standard InChI is InChI=1S/C8H5F5N2O2S/c9-4-1-5(10)6(11)7-3(4)2-8(12,13)15(7)14-18(16)17/h1,14H,2H2,(H,16,17)/p-1. The zero-order chi connectivity index (χ0) is 13.7. The number of hydrogen-bond donors (Lipinski definition) is 1. The van der Waals surface area contributed by atoms with Gasteiger partial charge in [0.15, 0.2) is 11.6 Å². The van der Waals surface area contributed by atoms with E-state index in [4.69, 9.17) is 0 Å². The molecule has 0 spiro atoms. The van der Waals surface area contributed by atoms with Gasteiger partial charge >= 0.3 is 6.05 Å². The average Bonchev–Trinajstić information content (AvgIpc) is 2.48. The predicted molar refractivity (Wildman–Crippen MR) is 49.5 cm³/mol. The number of halogens is 5. The second kappa shape index (κ2) is 4.14. The second-order valence-electron chi connectivity index (χ2n) is 3.49. The van der Waals surface area contributed by atoms with E-state index >= 15 is 0 Å². The number of benzene rings is 1. The highest BCUT2D eigenvalue weighted by Gasteiger charge is 2.49. The van der Waals surface area contributed by atoms with Crippen LogP contribution in [0.3, 0.4) is 0 Å². The number of alkyl halides is 2. The van der Waals surface area contributed by atoms with Crippen molar-refractivity contribution in [2.24, 2.45) is 0 Å². The molecule has 1 atom stereocenters. The predicted octanol–water partition coefficient (Wildman–Crippen LogP) is 1.36. The highest BCUT2D eigenvalue weighted by molar-refractivity contribution is 7.77. The number of hydrazine groups is 1. The Morgan fingerprint density at radius 2 is 1.94 bits per heavy atom. The lowest BCUT2D eigenvalue weighted by atomic mass is 10.1. The highest BCUT2D eigenvalue weighted by atomic mass is 32.2. The summed E-state index contributed by atoms with van der Waals surface area (Å²) in [6, 6.07) is -3.76. The lowest BCUT2D eigenvalue weighted by Crippen LogP contribution is -2.49. The van der Waals surface area contributed by atoms with Gasteiger partial charge in [0.25, 0.3) is 0 Å². The molecule has 2 rings (SSSR count). The van der Waals surface area contributed by atoms with Crippen molar-refractivity contribution in [3.8, 4) is 0 Å². The third-order valence-corrected chi connectivity index (χ3v) is 2.68. The van der Waals surface area contributed by atoms with Gasteiger partial charge in [-0.3, -0.25) is 4.21 Å². The Hall–Kier alpha value is -1.26. The zero-order valence-corrected chi connectivity index (χ0v) is 9.16. The van der Waals surface area contributed by atoms with Crippen LogP contribution in [0.4, 0.5) is 27.6 Å². The van der Waals surface area contributed by atoms with Gasteiger partial charge in [-0.15, -0.1) is 0 Å². The van der Waals surface area contributed by atoms with Crippen molar-refractivity contribution in [1.29, 1.82) is 0 Å². The van der Waals surface area contributed by atoms with Gasteiger partial charge in [-0.05, 0) is 0 Å². The summed E-state index contributed by atoms with van der Waals surface area (Å²) in [5.41, 5.74) is -1.95. The molecular formula is C8H4F5N2O2S-. The molecule has 1 aliphatic heterocycles. The molecule has 1 aromatic rings. The Bertz CT molecular complexity index is 539.